The number of aliphatic hydroxyl groups is 1. The monoisotopic (exact) mass is 319 g/mol. The normalized spacial score (nSPS) is 10.4. The number of nitrogens with zero attached hydrogens (tertiary/aromatic N) is 1. The number of hydrogen-bond acceptors (Lipinski definition) is 3. The minimum atomic E-state index is -0.419. The molecule has 1 aromatic carbocycles. The van der Waals surface area contributed by atoms with Gasteiger partial charge in [-0.3, -0.25) is 4.79 Å². The van der Waals surface area contributed by atoms with Gasteiger partial charge in [0.15, 0.2) is 0 Å². The zero-order valence-electron chi connectivity index (χ0n) is 10.0. The van der Waals surface area contributed by atoms with Gasteiger partial charge >= 0.3 is 0 Å². The molecule has 0 fully saturated rings. The minimum Gasteiger partial charge on any atom is -0.395 e. The van der Waals surface area contributed by atoms with Crippen LogP contribution in [-0.2, 0) is 4.74 Å². The van der Waals surface area contributed by atoms with E-state index in [0.29, 0.717) is 18.7 Å². The number of halogens is 2. The fourth-order valence-corrected chi connectivity index (χ4v) is 1.83. The van der Waals surface area contributed by atoms with E-state index < -0.39 is 5.82 Å². The lowest BCUT2D eigenvalue weighted by Gasteiger charge is -2.21. The van der Waals surface area contributed by atoms with Crippen molar-refractivity contribution in [2.75, 3.05) is 33.4 Å². The number of aliphatic hydroxyl groups excluding tert-OH is 1. The first kappa shape index (κ1) is 15.1. The lowest BCUT2D eigenvalue weighted by atomic mass is 10.2. The fourth-order valence-electron chi connectivity index (χ4n) is 1.45. The molecule has 1 aromatic rings. The van der Waals surface area contributed by atoms with Gasteiger partial charge in [0.25, 0.3) is 5.91 Å². The minimum absolute atomic E-state index is 0.127. The van der Waals surface area contributed by atoms with Gasteiger partial charge < -0.3 is 14.7 Å². The van der Waals surface area contributed by atoms with E-state index in [4.69, 9.17) is 9.84 Å². The third kappa shape index (κ3) is 4.04. The van der Waals surface area contributed by atoms with E-state index >= 15 is 0 Å². The largest absolute Gasteiger partial charge is 0.395 e. The molecule has 100 valence electrons. The Kier molecular flexibility index (Phi) is 6.24. The second kappa shape index (κ2) is 7.45. The van der Waals surface area contributed by atoms with Gasteiger partial charge in [0.05, 0.1) is 17.7 Å². The van der Waals surface area contributed by atoms with Gasteiger partial charge in [0.2, 0.25) is 0 Å². The molecule has 0 spiro atoms. The molecule has 0 heterocycles. The fraction of sp³-hybridized carbons (Fsp3) is 0.417. The predicted octanol–water partition coefficient (Wildman–Crippen LogP) is 1.67. The third-order valence-electron chi connectivity index (χ3n) is 2.39. The Morgan fingerprint density at radius 3 is 2.78 bits per heavy atom. The van der Waals surface area contributed by atoms with Crippen LogP contribution in [0, 0.1) is 5.82 Å². The summed E-state index contributed by atoms with van der Waals surface area (Å²) in [6.07, 6.45) is 0. The summed E-state index contributed by atoms with van der Waals surface area (Å²) in [4.78, 5) is 13.6. The highest BCUT2D eigenvalue weighted by Gasteiger charge is 2.16. The molecule has 0 aliphatic rings. The van der Waals surface area contributed by atoms with Crippen molar-refractivity contribution < 1.29 is 19.0 Å². The summed E-state index contributed by atoms with van der Waals surface area (Å²) in [5.41, 5.74) is 0.368. The SMILES string of the molecule is COCCN(CCO)C(=O)c1ccc(F)c(Br)c1. The van der Waals surface area contributed by atoms with Crippen LogP contribution >= 0.6 is 15.9 Å². The number of amides is 1. The van der Waals surface area contributed by atoms with Crippen LogP contribution in [0.1, 0.15) is 10.4 Å². The van der Waals surface area contributed by atoms with Crippen LogP contribution < -0.4 is 0 Å². The van der Waals surface area contributed by atoms with Crippen LogP contribution in [0.3, 0.4) is 0 Å². The number of rotatable bonds is 6. The Hall–Kier alpha value is -0.980. The van der Waals surface area contributed by atoms with Gasteiger partial charge in [0, 0.05) is 25.8 Å². The van der Waals surface area contributed by atoms with Crippen LogP contribution in [0.25, 0.3) is 0 Å². The summed E-state index contributed by atoms with van der Waals surface area (Å²) in [6, 6.07) is 4.07. The second-order valence-electron chi connectivity index (χ2n) is 3.64. The number of carbonyl (C=O) groups is 1. The molecule has 4 nitrogen and oxygen atoms in total. The smallest absolute Gasteiger partial charge is 0.254 e. The highest BCUT2D eigenvalue weighted by atomic mass is 79.9. The molecule has 0 aromatic heterocycles. The molecule has 6 heteroatoms. The molecule has 1 rings (SSSR count). The van der Waals surface area contributed by atoms with E-state index in [9.17, 15) is 9.18 Å². The average Bonchev–Trinajstić information content (AvgIpc) is 2.37. The maximum atomic E-state index is 13.1. The molecule has 0 saturated heterocycles. The molecular weight excluding hydrogens is 305 g/mol. The van der Waals surface area contributed by atoms with Crippen molar-refractivity contribution in [2.24, 2.45) is 0 Å². The lowest BCUT2D eigenvalue weighted by Crippen LogP contribution is -2.36. The summed E-state index contributed by atoms with van der Waals surface area (Å²) in [5, 5.41) is 8.93. The Morgan fingerprint density at radius 1 is 1.50 bits per heavy atom. The molecule has 18 heavy (non-hydrogen) atoms. The molecule has 1 amide bonds. The number of carbonyl (C=O) groups excluding carboxylic acids is 1. The highest BCUT2D eigenvalue weighted by molar-refractivity contribution is 9.10. The van der Waals surface area contributed by atoms with Crippen molar-refractivity contribution in [1.82, 2.24) is 4.90 Å². The molecule has 1 N–H and O–H groups in total. The first-order chi connectivity index (χ1) is 8.60. The van der Waals surface area contributed by atoms with E-state index in [0.717, 1.165) is 0 Å². The first-order valence-electron chi connectivity index (χ1n) is 5.44. The molecule has 0 unspecified atom stereocenters. The van der Waals surface area contributed by atoms with Crippen LogP contribution in [0.15, 0.2) is 22.7 Å². The van der Waals surface area contributed by atoms with Crippen molar-refractivity contribution in [3.05, 3.63) is 34.1 Å². The van der Waals surface area contributed by atoms with Crippen LogP contribution in [0.2, 0.25) is 0 Å². The molecule has 0 aliphatic carbocycles. The van der Waals surface area contributed by atoms with Gasteiger partial charge in [-0.15, -0.1) is 0 Å². The van der Waals surface area contributed by atoms with Gasteiger partial charge in [-0.05, 0) is 34.1 Å². The van der Waals surface area contributed by atoms with Crippen LogP contribution in [0.5, 0.6) is 0 Å². The maximum absolute atomic E-state index is 13.1. The molecule has 0 bridgehead atoms. The third-order valence-corrected chi connectivity index (χ3v) is 3.00. The number of benzene rings is 1. The zero-order chi connectivity index (χ0) is 13.5. The quantitative estimate of drug-likeness (QED) is 0.867. The summed E-state index contributed by atoms with van der Waals surface area (Å²) >= 11 is 3.04. The van der Waals surface area contributed by atoms with E-state index in [2.05, 4.69) is 15.9 Å². The van der Waals surface area contributed by atoms with Crippen molar-refractivity contribution in [1.29, 1.82) is 0 Å². The average molecular weight is 320 g/mol. The van der Waals surface area contributed by atoms with Crippen molar-refractivity contribution in [3.8, 4) is 0 Å². The Balaban J connectivity index is 2.83. The number of ether oxygens (including phenoxy) is 1. The summed E-state index contributed by atoms with van der Waals surface area (Å²) < 4.78 is 18.2. The van der Waals surface area contributed by atoms with Crippen molar-refractivity contribution in [3.63, 3.8) is 0 Å². The van der Waals surface area contributed by atoms with Crippen LogP contribution in [-0.4, -0.2) is 49.3 Å². The van der Waals surface area contributed by atoms with E-state index in [-0.39, 0.29) is 23.5 Å². The Bertz CT molecular complexity index is 414. The number of hydrogen-bond donors (Lipinski definition) is 1. The Labute approximate surface area is 113 Å². The molecular formula is C12H15BrFNO3. The predicted molar refractivity (Wildman–Crippen MR) is 69.0 cm³/mol. The summed E-state index contributed by atoms with van der Waals surface area (Å²) in [7, 11) is 1.54. The standard InChI is InChI=1S/C12H15BrFNO3/c1-18-7-5-15(4-6-16)12(17)9-2-3-11(14)10(13)8-9/h2-3,8,16H,4-7H2,1H3. The molecule has 0 atom stereocenters. The molecule has 0 aliphatic heterocycles. The second-order valence-corrected chi connectivity index (χ2v) is 4.49. The van der Waals surface area contributed by atoms with Gasteiger partial charge in [-0.25, -0.2) is 4.39 Å². The number of methoxy groups -OCH3 is 1. The van der Waals surface area contributed by atoms with Gasteiger partial charge in [-0.1, -0.05) is 0 Å². The summed E-state index contributed by atoms with van der Waals surface area (Å²) in [6.45, 7) is 0.855. The zero-order valence-corrected chi connectivity index (χ0v) is 11.6. The van der Waals surface area contributed by atoms with E-state index in [1.54, 1.807) is 0 Å². The van der Waals surface area contributed by atoms with Crippen LogP contribution in [0.4, 0.5) is 4.39 Å². The Morgan fingerprint density at radius 2 is 2.22 bits per heavy atom. The first-order valence-corrected chi connectivity index (χ1v) is 6.23. The molecule has 0 radical (unpaired) electrons. The lowest BCUT2D eigenvalue weighted by molar-refractivity contribution is 0.0656. The van der Waals surface area contributed by atoms with Gasteiger partial charge in [-0.2, -0.15) is 0 Å². The van der Waals surface area contributed by atoms with Crippen molar-refractivity contribution in [2.45, 2.75) is 0 Å². The highest BCUT2D eigenvalue weighted by Crippen LogP contribution is 2.18. The van der Waals surface area contributed by atoms with Crippen molar-refractivity contribution >= 4 is 21.8 Å². The molecule has 0 saturated carbocycles. The maximum Gasteiger partial charge on any atom is 0.254 e. The summed E-state index contributed by atoms with van der Waals surface area (Å²) in [5.74, 6) is -0.682. The topological polar surface area (TPSA) is 49.8 Å². The van der Waals surface area contributed by atoms with Gasteiger partial charge in [0.1, 0.15) is 5.82 Å². The van der Waals surface area contributed by atoms with E-state index in [1.165, 1.54) is 30.2 Å². The van der Waals surface area contributed by atoms with E-state index in [1.807, 2.05) is 0 Å².